The standard InChI is InChI=1S/C30H29BrFN3O4/c31-24-7-4-8-25(17-24)34-30(39)35(26-15-13-22(14-16-26)21-5-2-1-3-6-21)19-20-9-11-23(12-10-20)28(36)33-18-27(32)29(37)38/h4-5,7-17,27H,1-3,6,18-19H2,(H,33,36)(H,34,39)(H,37,38). The zero-order valence-corrected chi connectivity index (χ0v) is 22.8. The van der Waals surface area contributed by atoms with Crippen LogP contribution in [0.2, 0.25) is 0 Å². The van der Waals surface area contributed by atoms with Crippen LogP contribution in [0.4, 0.5) is 20.6 Å². The Bertz CT molecular complexity index is 1360. The van der Waals surface area contributed by atoms with Crippen molar-refractivity contribution in [2.45, 2.75) is 38.4 Å². The average molecular weight is 594 g/mol. The van der Waals surface area contributed by atoms with Crippen molar-refractivity contribution in [3.05, 3.63) is 100 Å². The fourth-order valence-corrected chi connectivity index (χ4v) is 4.71. The first kappa shape index (κ1) is 28.0. The highest BCUT2D eigenvalue weighted by Crippen LogP contribution is 2.29. The first-order valence-corrected chi connectivity index (χ1v) is 13.5. The molecule has 4 rings (SSSR count). The molecule has 1 aliphatic carbocycles. The fraction of sp³-hybridized carbons (Fsp3) is 0.233. The summed E-state index contributed by atoms with van der Waals surface area (Å²) in [6.45, 7) is -0.387. The SMILES string of the molecule is O=C(NCC(F)C(=O)O)c1ccc(CN(C(=O)Nc2cccc(Br)c2)c2ccc(C3=CCCCC3)cc2)cc1. The van der Waals surface area contributed by atoms with Gasteiger partial charge in [0.05, 0.1) is 13.1 Å². The maximum absolute atomic E-state index is 13.4. The van der Waals surface area contributed by atoms with E-state index in [0.29, 0.717) is 11.4 Å². The van der Waals surface area contributed by atoms with E-state index in [1.165, 1.54) is 18.4 Å². The first-order valence-electron chi connectivity index (χ1n) is 12.7. The highest BCUT2D eigenvalue weighted by molar-refractivity contribution is 9.10. The minimum Gasteiger partial charge on any atom is -0.479 e. The monoisotopic (exact) mass is 593 g/mol. The van der Waals surface area contributed by atoms with Gasteiger partial charge in [-0.3, -0.25) is 9.69 Å². The van der Waals surface area contributed by atoms with Gasteiger partial charge in [-0.15, -0.1) is 0 Å². The van der Waals surface area contributed by atoms with E-state index in [1.54, 1.807) is 35.2 Å². The molecule has 1 aliphatic rings. The second-order valence-corrected chi connectivity index (χ2v) is 10.2. The van der Waals surface area contributed by atoms with Gasteiger partial charge in [0.25, 0.3) is 5.91 Å². The van der Waals surface area contributed by atoms with Gasteiger partial charge in [-0.2, -0.15) is 0 Å². The number of hydrogen-bond donors (Lipinski definition) is 3. The second kappa shape index (κ2) is 13.2. The second-order valence-electron chi connectivity index (χ2n) is 9.26. The Morgan fingerprint density at radius 1 is 1.00 bits per heavy atom. The number of amides is 3. The van der Waals surface area contributed by atoms with Crippen LogP contribution in [0.15, 0.2) is 83.3 Å². The third-order valence-corrected chi connectivity index (χ3v) is 6.92. The molecule has 39 heavy (non-hydrogen) atoms. The Balaban J connectivity index is 1.52. The number of benzene rings is 3. The van der Waals surface area contributed by atoms with Crippen LogP contribution in [-0.2, 0) is 11.3 Å². The number of carbonyl (C=O) groups is 3. The van der Waals surface area contributed by atoms with Crippen LogP contribution in [0.1, 0.15) is 47.2 Å². The van der Waals surface area contributed by atoms with Gasteiger partial charge in [-0.25, -0.2) is 14.0 Å². The van der Waals surface area contributed by atoms with Gasteiger partial charge >= 0.3 is 12.0 Å². The number of hydrogen-bond acceptors (Lipinski definition) is 3. The lowest BCUT2D eigenvalue weighted by molar-refractivity contribution is -0.142. The molecule has 0 saturated carbocycles. The molecule has 0 saturated heterocycles. The van der Waals surface area contributed by atoms with Crippen molar-refractivity contribution in [3.8, 4) is 0 Å². The van der Waals surface area contributed by atoms with Crippen LogP contribution in [0.5, 0.6) is 0 Å². The molecule has 0 aliphatic heterocycles. The van der Waals surface area contributed by atoms with Crippen LogP contribution < -0.4 is 15.5 Å². The first-order chi connectivity index (χ1) is 18.8. The number of carbonyl (C=O) groups excluding carboxylic acids is 2. The minimum atomic E-state index is -2.17. The lowest BCUT2D eigenvalue weighted by Gasteiger charge is -2.24. The average Bonchev–Trinajstić information content (AvgIpc) is 2.95. The number of nitrogens with one attached hydrogen (secondary N) is 2. The third kappa shape index (κ3) is 7.77. The van der Waals surface area contributed by atoms with E-state index in [0.717, 1.165) is 28.4 Å². The van der Waals surface area contributed by atoms with Crippen molar-refractivity contribution in [1.82, 2.24) is 5.32 Å². The number of aliphatic carboxylic acids is 1. The van der Waals surface area contributed by atoms with E-state index in [2.05, 4.69) is 32.6 Å². The summed E-state index contributed by atoms with van der Waals surface area (Å²) in [4.78, 5) is 38.0. The summed E-state index contributed by atoms with van der Waals surface area (Å²) in [6.07, 6.45) is 4.63. The zero-order valence-electron chi connectivity index (χ0n) is 21.2. The van der Waals surface area contributed by atoms with Crippen LogP contribution in [-0.4, -0.2) is 35.7 Å². The molecule has 1 atom stereocenters. The van der Waals surface area contributed by atoms with Crippen molar-refractivity contribution in [2.75, 3.05) is 16.8 Å². The molecule has 202 valence electrons. The molecule has 9 heteroatoms. The number of halogens is 2. The lowest BCUT2D eigenvalue weighted by Crippen LogP contribution is -2.35. The van der Waals surface area contributed by atoms with Crippen LogP contribution in [0.3, 0.4) is 0 Å². The summed E-state index contributed by atoms with van der Waals surface area (Å²) in [6, 6.07) is 21.5. The van der Waals surface area contributed by atoms with E-state index < -0.39 is 24.6 Å². The number of carboxylic acids is 1. The molecule has 3 aromatic rings. The molecule has 0 bridgehead atoms. The van der Waals surface area contributed by atoms with Gasteiger partial charge < -0.3 is 15.7 Å². The highest BCUT2D eigenvalue weighted by Gasteiger charge is 2.19. The van der Waals surface area contributed by atoms with E-state index in [9.17, 15) is 18.8 Å². The smallest absolute Gasteiger partial charge is 0.340 e. The molecule has 0 spiro atoms. The fourth-order valence-electron chi connectivity index (χ4n) is 4.31. The summed E-state index contributed by atoms with van der Waals surface area (Å²) in [5.74, 6) is -2.21. The Labute approximate surface area is 234 Å². The van der Waals surface area contributed by atoms with Gasteiger partial charge in [0.2, 0.25) is 6.17 Å². The number of alkyl halides is 1. The molecule has 1 unspecified atom stereocenters. The summed E-state index contributed by atoms with van der Waals surface area (Å²) < 4.78 is 14.1. The molecule has 3 N–H and O–H groups in total. The molecule has 3 amide bonds. The number of rotatable bonds is 9. The predicted octanol–water partition coefficient (Wildman–Crippen LogP) is 6.80. The molecule has 3 aromatic carbocycles. The maximum atomic E-state index is 13.4. The van der Waals surface area contributed by atoms with Crippen molar-refractivity contribution < 1.29 is 23.9 Å². The summed E-state index contributed by atoms with van der Waals surface area (Å²) >= 11 is 3.43. The summed E-state index contributed by atoms with van der Waals surface area (Å²) in [5, 5.41) is 13.9. The Hall–Kier alpha value is -3.98. The minimum absolute atomic E-state index is 0.231. The van der Waals surface area contributed by atoms with E-state index in [1.807, 2.05) is 42.5 Å². The topological polar surface area (TPSA) is 98.7 Å². The molecular weight excluding hydrogens is 565 g/mol. The highest BCUT2D eigenvalue weighted by atomic mass is 79.9. The van der Waals surface area contributed by atoms with E-state index in [4.69, 9.17) is 5.11 Å². The molecule has 0 aromatic heterocycles. The van der Waals surface area contributed by atoms with Crippen LogP contribution in [0, 0.1) is 0 Å². The van der Waals surface area contributed by atoms with Crippen LogP contribution >= 0.6 is 15.9 Å². The van der Waals surface area contributed by atoms with E-state index >= 15 is 0 Å². The van der Waals surface area contributed by atoms with Crippen molar-refractivity contribution in [2.24, 2.45) is 0 Å². The number of anilines is 2. The quantitative estimate of drug-likeness (QED) is 0.254. The summed E-state index contributed by atoms with van der Waals surface area (Å²) in [5.41, 5.74) is 4.86. The maximum Gasteiger partial charge on any atom is 0.340 e. The Morgan fingerprint density at radius 2 is 1.74 bits per heavy atom. The Morgan fingerprint density at radius 3 is 2.38 bits per heavy atom. The number of allylic oxidation sites excluding steroid dienone is 2. The molecule has 0 heterocycles. The molecular formula is C30H29BrFN3O4. The van der Waals surface area contributed by atoms with Gasteiger partial charge in [-0.1, -0.05) is 52.3 Å². The zero-order chi connectivity index (χ0) is 27.8. The largest absolute Gasteiger partial charge is 0.479 e. The van der Waals surface area contributed by atoms with E-state index in [-0.39, 0.29) is 18.1 Å². The lowest BCUT2D eigenvalue weighted by atomic mass is 9.93. The summed E-state index contributed by atoms with van der Waals surface area (Å²) in [7, 11) is 0. The number of carboxylic acid groups (broad SMARTS) is 1. The van der Waals surface area contributed by atoms with Gasteiger partial charge in [0.15, 0.2) is 0 Å². The van der Waals surface area contributed by atoms with Crippen LogP contribution in [0.25, 0.3) is 5.57 Å². The molecule has 7 nitrogen and oxygen atoms in total. The van der Waals surface area contributed by atoms with Crippen molar-refractivity contribution in [1.29, 1.82) is 0 Å². The molecule has 0 fully saturated rings. The third-order valence-electron chi connectivity index (χ3n) is 6.43. The van der Waals surface area contributed by atoms with Gasteiger partial charge in [0.1, 0.15) is 0 Å². The Kier molecular flexibility index (Phi) is 9.49. The number of urea groups is 1. The predicted molar refractivity (Wildman–Crippen MR) is 154 cm³/mol. The normalized spacial score (nSPS) is 13.6. The van der Waals surface area contributed by atoms with Gasteiger partial charge in [0, 0.05) is 21.4 Å². The van der Waals surface area contributed by atoms with Gasteiger partial charge in [-0.05, 0) is 84.8 Å². The van der Waals surface area contributed by atoms with Crippen molar-refractivity contribution >= 4 is 50.8 Å². The molecule has 0 radical (unpaired) electrons. The number of nitrogens with zero attached hydrogens (tertiary/aromatic N) is 1. The van der Waals surface area contributed by atoms with Crippen molar-refractivity contribution in [3.63, 3.8) is 0 Å².